The molecule has 2 unspecified atom stereocenters. The number of halogens is 1. The van der Waals surface area contributed by atoms with Crippen LogP contribution in [0.3, 0.4) is 0 Å². The van der Waals surface area contributed by atoms with Crippen molar-refractivity contribution in [2.75, 3.05) is 26.2 Å². The van der Waals surface area contributed by atoms with Crippen LogP contribution in [-0.2, 0) is 4.74 Å². The molecule has 34 heavy (non-hydrogen) atoms. The van der Waals surface area contributed by atoms with Crippen LogP contribution in [0.2, 0.25) is 5.02 Å². The Balaban J connectivity index is 1.34. The maximum Gasteiger partial charge on any atom is 0.113 e. The summed E-state index contributed by atoms with van der Waals surface area (Å²) in [5, 5.41) is 13.1. The van der Waals surface area contributed by atoms with Gasteiger partial charge in [0.15, 0.2) is 0 Å². The van der Waals surface area contributed by atoms with E-state index in [1.165, 1.54) is 19.1 Å². The van der Waals surface area contributed by atoms with Crippen molar-refractivity contribution in [3.05, 3.63) is 77.1 Å². The standard InChI is InChI=1S/C28H30ClN3O2/c1-21-12-14-32(15-13-21)16-17-34-28-11-3-22(18-25(28)20-31-33)2-9-27-10-6-24(19-30-27)23-4-7-26(29)8-5-23/h3-8,10-11,18-21,25,28,33H,12-17H2,1H3/b31-20+. The van der Waals surface area contributed by atoms with Crippen molar-refractivity contribution in [1.29, 1.82) is 0 Å². The lowest BCUT2D eigenvalue weighted by Gasteiger charge is -2.31. The second kappa shape index (κ2) is 12.0. The SMILES string of the molecule is CC1CCN(CCOC2C=CC(C#Cc3ccc(-c4ccc(Cl)cc4)cn3)=CC2/C=N/O)CC1. The Morgan fingerprint density at radius 2 is 1.91 bits per heavy atom. The molecule has 2 aromatic rings. The number of ether oxygens (including phenoxy) is 1. The molecule has 0 spiro atoms. The number of aromatic nitrogens is 1. The van der Waals surface area contributed by atoms with Crippen molar-refractivity contribution in [1.82, 2.24) is 9.88 Å². The molecule has 1 aliphatic heterocycles. The molecule has 1 aromatic heterocycles. The lowest BCUT2D eigenvalue weighted by molar-refractivity contribution is 0.0474. The quantitative estimate of drug-likeness (QED) is 0.261. The Morgan fingerprint density at radius 3 is 2.62 bits per heavy atom. The van der Waals surface area contributed by atoms with Crippen LogP contribution in [0, 0.1) is 23.7 Å². The van der Waals surface area contributed by atoms with Gasteiger partial charge in [0, 0.05) is 34.8 Å². The number of piperidine rings is 1. The molecule has 2 heterocycles. The number of pyridine rings is 1. The maximum atomic E-state index is 9.12. The first-order valence-corrected chi connectivity index (χ1v) is 12.1. The summed E-state index contributed by atoms with van der Waals surface area (Å²) >= 11 is 5.96. The van der Waals surface area contributed by atoms with Crippen molar-refractivity contribution >= 4 is 17.8 Å². The number of likely N-dealkylation sites (tertiary alicyclic amines) is 1. The van der Waals surface area contributed by atoms with E-state index >= 15 is 0 Å². The van der Waals surface area contributed by atoms with Gasteiger partial charge >= 0.3 is 0 Å². The number of rotatable bonds is 6. The number of hydrogen-bond donors (Lipinski definition) is 1. The Kier molecular flexibility index (Phi) is 8.54. The third-order valence-corrected chi connectivity index (χ3v) is 6.58. The Morgan fingerprint density at radius 1 is 1.15 bits per heavy atom. The molecule has 176 valence electrons. The second-order valence-corrected chi connectivity index (χ2v) is 9.31. The highest BCUT2D eigenvalue weighted by molar-refractivity contribution is 6.30. The van der Waals surface area contributed by atoms with Crippen LogP contribution >= 0.6 is 11.6 Å². The molecule has 1 aliphatic carbocycles. The average molecular weight is 476 g/mol. The predicted molar refractivity (Wildman–Crippen MR) is 137 cm³/mol. The van der Waals surface area contributed by atoms with E-state index in [1.807, 2.05) is 60.8 Å². The molecule has 2 atom stereocenters. The number of benzene rings is 1. The minimum atomic E-state index is -0.166. The first-order chi connectivity index (χ1) is 16.6. The molecule has 5 nitrogen and oxygen atoms in total. The Bertz CT molecular complexity index is 1090. The molecule has 0 bridgehead atoms. The summed E-state index contributed by atoms with van der Waals surface area (Å²) in [7, 11) is 0. The van der Waals surface area contributed by atoms with Gasteiger partial charge in [0.1, 0.15) is 5.69 Å². The Hall–Kier alpha value is -2.91. The van der Waals surface area contributed by atoms with E-state index in [0.717, 1.165) is 42.3 Å². The van der Waals surface area contributed by atoms with Crippen LogP contribution in [0.5, 0.6) is 0 Å². The van der Waals surface area contributed by atoms with Gasteiger partial charge in [-0.1, -0.05) is 54.8 Å². The molecule has 1 aromatic carbocycles. The van der Waals surface area contributed by atoms with E-state index in [-0.39, 0.29) is 12.0 Å². The van der Waals surface area contributed by atoms with E-state index < -0.39 is 0 Å². The van der Waals surface area contributed by atoms with Crippen LogP contribution in [0.15, 0.2) is 71.6 Å². The van der Waals surface area contributed by atoms with Gasteiger partial charge in [0.25, 0.3) is 0 Å². The highest BCUT2D eigenvalue weighted by atomic mass is 35.5. The molecular weight excluding hydrogens is 446 g/mol. The first-order valence-electron chi connectivity index (χ1n) is 11.8. The second-order valence-electron chi connectivity index (χ2n) is 8.87. The summed E-state index contributed by atoms with van der Waals surface area (Å²) in [6, 6.07) is 11.6. The molecule has 1 saturated heterocycles. The van der Waals surface area contributed by atoms with Crippen molar-refractivity contribution in [3.8, 4) is 23.0 Å². The van der Waals surface area contributed by atoms with Gasteiger partial charge in [-0.3, -0.25) is 0 Å². The largest absolute Gasteiger partial charge is 0.411 e. The van der Waals surface area contributed by atoms with E-state index in [0.29, 0.717) is 17.3 Å². The van der Waals surface area contributed by atoms with E-state index in [2.05, 4.69) is 33.8 Å². The average Bonchev–Trinajstić information content (AvgIpc) is 2.86. The summed E-state index contributed by atoms with van der Waals surface area (Å²) in [5.74, 6) is 6.93. The van der Waals surface area contributed by atoms with Crippen LogP contribution in [0.1, 0.15) is 25.5 Å². The maximum absolute atomic E-state index is 9.12. The van der Waals surface area contributed by atoms with Crippen molar-refractivity contribution in [2.24, 2.45) is 17.0 Å². The summed E-state index contributed by atoms with van der Waals surface area (Å²) in [6.45, 7) is 6.17. The van der Waals surface area contributed by atoms with Gasteiger partial charge in [-0.2, -0.15) is 0 Å². The number of hydrogen-bond acceptors (Lipinski definition) is 5. The topological polar surface area (TPSA) is 58.0 Å². The van der Waals surface area contributed by atoms with E-state index in [9.17, 15) is 0 Å². The van der Waals surface area contributed by atoms with Gasteiger partial charge in [-0.05, 0) is 67.6 Å². The zero-order chi connectivity index (χ0) is 23.8. The van der Waals surface area contributed by atoms with Gasteiger partial charge in [-0.15, -0.1) is 5.16 Å². The third kappa shape index (κ3) is 6.80. The fourth-order valence-electron chi connectivity index (χ4n) is 4.16. The molecular formula is C28H30ClN3O2. The molecule has 0 amide bonds. The molecule has 6 heteroatoms. The molecule has 4 rings (SSSR count). The molecule has 0 radical (unpaired) electrons. The van der Waals surface area contributed by atoms with Gasteiger partial charge in [0.2, 0.25) is 0 Å². The molecule has 1 fully saturated rings. The van der Waals surface area contributed by atoms with Crippen LogP contribution in [0.25, 0.3) is 11.1 Å². The van der Waals surface area contributed by atoms with Gasteiger partial charge in [-0.25, -0.2) is 4.98 Å². The van der Waals surface area contributed by atoms with Gasteiger partial charge in [0.05, 0.1) is 18.9 Å². The zero-order valence-corrected chi connectivity index (χ0v) is 20.2. The highest BCUT2D eigenvalue weighted by Crippen LogP contribution is 2.22. The fourth-order valence-corrected chi connectivity index (χ4v) is 4.29. The lowest BCUT2D eigenvalue weighted by Crippen LogP contribution is -2.36. The van der Waals surface area contributed by atoms with Crippen LogP contribution in [0.4, 0.5) is 0 Å². The first kappa shape index (κ1) is 24.2. The third-order valence-electron chi connectivity index (χ3n) is 6.33. The van der Waals surface area contributed by atoms with Crippen LogP contribution in [-0.4, -0.2) is 53.7 Å². The fraction of sp³-hybridized carbons (Fsp3) is 0.357. The van der Waals surface area contributed by atoms with Crippen molar-refractivity contribution in [3.63, 3.8) is 0 Å². The lowest BCUT2D eigenvalue weighted by atomic mass is 9.94. The van der Waals surface area contributed by atoms with Crippen molar-refractivity contribution in [2.45, 2.75) is 25.9 Å². The summed E-state index contributed by atoms with van der Waals surface area (Å²) in [4.78, 5) is 6.93. The van der Waals surface area contributed by atoms with Crippen LogP contribution < -0.4 is 0 Å². The molecule has 2 aliphatic rings. The van der Waals surface area contributed by atoms with E-state index in [4.69, 9.17) is 21.5 Å². The minimum absolute atomic E-state index is 0.165. The predicted octanol–water partition coefficient (Wildman–Crippen LogP) is 5.44. The monoisotopic (exact) mass is 475 g/mol. The van der Waals surface area contributed by atoms with E-state index in [1.54, 1.807) is 0 Å². The summed E-state index contributed by atoms with van der Waals surface area (Å²) in [5.41, 5.74) is 3.60. The van der Waals surface area contributed by atoms with Gasteiger partial charge < -0.3 is 14.8 Å². The highest BCUT2D eigenvalue weighted by Gasteiger charge is 2.21. The Labute approximate surface area is 206 Å². The van der Waals surface area contributed by atoms with Crippen molar-refractivity contribution < 1.29 is 9.94 Å². The number of allylic oxidation sites excluding steroid dienone is 2. The smallest absolute Gasteiger partial charge is 0.113 e. The normalized spacial score (nSPS) is 21.3. The zero-order valence-electron chi connectivity index (χ0n) is 19.4. The minimum Gasteiger partial charge on any atom is -0.411 e. The number of nitrogens with zero attached hydrogens (tertiary/aromatic N) is 3. The summed E-state index contributed by atoms with van der Waals surface area (Å²) in [6.07, 6.45) is 11.6. The summed E-state index contributed by atoms with van der Waals surface area (Å²) < 4.78 is 6.11. The number of oxime groups is 1. The molecule has 0 saturated carbocycles. The molecule has 1 N–H and O–H groups in total.